The monoisotopic (exact) mass is 291 g/mol. The molecule has 0 unspecified atom stereocenters. The summed E-state index contributed by atoms with van der Waals surface area (Å²) in [6, 6.07) is 7.21. The number of aromatic nitrogens is 2. The molecule has 2 rings (SSSR count). The van der Waals surface area contributed by atoms with E-state index < -0.39 is 0 Å². The van der Waals surface area contributed by atoms with Crippen LogP contribution in [0.1, 0.15) is 23.1 Å². The number of amides is 1. The minimum atomic E-state index is -0.345. The van der Waals surface area contributed by atoms with E-state index in [1.54, 1.807) is 6.07 Å². The Hall–Kier alpha value is -1.95. The number of anilines is 1. The van der Waals surface area contributed by atoms with Gasteiger partial charge in [-0.1, -0.05) is 18.7 Å². The first-order chi connectivity index (χ1) is 9.58. The molecule has 0 aliphatic carbocycles. The maximum Gasteiger partial charge on any atom is 0.274 e. The third-order valence-corrected chi connectivity index (χ3v) is 3.17. The molecule has 0 aliphatic rings. The van der Waals surface area contributed by atoms with Gasteiger partial charge >= 0.3 is 0 Å². The van der Waals surface area contributed by atoms with Gasteiger partial charge in [-0.05, 0) is 43.0 Å². The molecule has 0 radical (unpaired) electrons. The predicted octanol–water partition coefficient (Wildman–Crippen LogP) is 3.29. The van der Waals surface area contributed by atoms with Crippen molar-refractivity contribution in [3.63, 3.8) is 0 Å². The molecule has 0 spiro atoms. The number of carbonyl (C=O) groups is 1. The van der Waals surface area contributed by atoms with Crippen LogP contribution >= 0.6 is 11.8 Å². The Bertz CT molecular complexity index is 616. The van der Waals surface area contributed by atoms with Gasteiger partial charge in [0.15, 0.2) is 5.16 Å². The van der Waals surface area contributed by atoms with Crippen molar-refractivity contribution in [1.29, 1.82) is 0 Å². The van der Waals surface area contributed by atoms with E-state index in [4.69, 9.17) is 0 Å². The van der Waals surface area contributed by atoms with Crippen LogP contribution in [0.25, 0.3) is 0 Å². The molecule has 4 nitrogen and oxygen atoms in total. The second-order valence-electron chi connectivity index (χ2n) is 4.07. The summed E-state index contributed by atoms with van der Waals surface area (Å²) in [5.41, 5.74) is 1.57. The van der Waals surface area contributed by atoms with Crippen LogP contribution in [0, 0.1) is 12.7 Å². The molecule has 2 aromatic rings. The number of rotatable bonds is 4. The summed E-state index contributed by atoms with van der Waals surface area (Å²) >= 11 is 1.48. The minimum absolute atomic E-state index is 0.303. The first kappa shape index (κ1) is 14.5. The molecule has 1 N–H and O–H groups in total. The van der Waals surface area contributed by atoms with E-state index in [2.05, 4.69) is 15.3 Å². The summed E-state index contributed by atoms with van der Waals surface area (Å²) in [6.07, 6.45) is 0. The van der Waals surface area contributed by atoms with Gasteiger partial charge in [0.25, 0.3) is 5.91 Å². The Morgan fingerprint density at radius 3 is 2.65 bits per heavy atom. The number of benzene rings is 1. The van der Waals surface area contributed by atoms with Crippen LogP contribution in [-0.4, -0.2) is 21.6 Å². The fourth-order valence-corrected chi connectivity index (χ4v) is 2.21. The molecule has 1 aromatic carbocycles. The lowest BCUT2D eigenvalue weighted by Gasteiger charge is -2.06. The fraction of sp³-hybridized carbons (Fsp3) is 0.214. The molecule has 0 aliphatic heterocycles. The minimum Gasteiger partial charge on any atom is -0.321 e. The highest BCUT2D eigenvalue weighted by Crippen LogP contribution is 2.15. The molecule has 0 atom stereocenters. The Balaban J connectivity index is 2.18. The van der Waals surface area contributed by atoms with Crippen molar-refractivity contribution in [1.82, 2.24) is 9.97 Å². The van der Waals surface area contributed by atoms with Gasteiger partial charge in [-0.15, -0.1) is 0 Å². The molecule has 1 aromatic heterocycles. The van der Waals surface area contributed by atoms with E-state index in [0.717, 1.165) is 11.4 Å². The first-order valence-corrected chi connectivity index (χ1v) is 7.12. The van der Waals surface area contributed by atoms with Crippen molar-refractivity contribution in [2.45, 2.75) is 19.0 Å². The summed E-state index contributed by atoms with van der Waals surface area (Å²) in [4.78, 5) is 20.6. The quantitative estimate of drug-likeness (QED) is 0.693. The van der Waals surface area contributed by atoms with Gasteiger partial charge in [0.1, 0.15) is 11.5 Å². The number of halogens is 1. The van der Waals surface area contributed by atoms with Crippen LogP contribution in [0.2, 0.25) is 0 Å². The summed E-state index contributed by atoms with van der Waals surface area (Å²) in [5.74, 6) is 0.158. The van der Waals surface area contributed by atoms with Gasteiger partial charge in [0.2, 0.25) is 0 Å². The Morgan fingerprint density at radius 1 is 1.30 bits per heavy atom. The van der Waals surface area contributed by atoms with Crippen LogP contribution in [0.15, 0.2) is 35.5 Å². The van der Waals surface area contributed by atoms with Crippen molar-refractivity contribution in [2.24, 2.45) is 0 Å². The van der Waals surface area contributed by atoms with E-state index in [1.807, 2.05) is 13.8 Å². The number of thioether (sulfide) groups is 1. The van der Waals surface area contributed by atoms with E-state index >= 15 is 0 Å². The second-order valence-corrected chi connectivity index (χ2v) is 5.30. The number of nitrogens with zero attached hydrogens (tertiary/aromatic N) is 2. The van der Waals surface area contributed by atoms with E-state index in [9.17, 15) is 9.18 Å². The maximum absolute atomic E-state index is 12.8. The summed E-state index contributed by atoms with van der Waals surface area (Å²) in [5, 5.41) is 3.26. The van der Waals surface area contributed by atoms with Gasteiger partial charge in [0.05, 0.1) is 0 Å². The summed E-state index contributed by atoms with van der Waals surface area (Å²) in [6.45, 7) is 3.81. The lowest BCUT2D eigenvalue weighted by atomic mass is 10.3. The number of aryl methyl sites for hydroxylation is 1. The molecule has 20 heavy (non-hydrogen) atoms. The van der Waals surface area contributed by atoms with E-state index in [0.29, 0.717) is 16.5 Å². The summed E-state index contributed by atoms with van der Waals surface area (Å²) < 4.78 is 12.8. The zero-order chi connectivity index (χ0) is 14.5. The third-order valence-electron chi connectivity index (χ3n) is 2.44. The zero-order valence-electron chi connectivity index (χ0n) is 11.2. The highest BCUT2D eigenvalue weighted by atomic mass is 32.2. The molecule has 0 saturated heterocycles. The number of carbonyl (C=O) groups excluding carboxylic acids is 1. The molecule has 0 fully saturated rings. The second kappa shape index (κ2) is 6.47. The SMILES string of the molecule is CCSc1nc(C)cc(C(=O)Nc2ccc(F)cc2)n1. The highest BCUT2D eigenvalue weighted by molar-refractivity contribution is 7.99. The van der Waals surface area contributed by atoms with Crippen LogP contribution in [0.5, 0.6) is 0 Å². The predicted molar refractivity (Wildman–Crippen MR) is 77.5 cm³/mol. The molecule has 0 saturated carbocycles. The molecule has 1 amide bonds. The van der Waals surface area contributed by atoms with Crippen molar-refractivity contribution in [2.75, 3.05) is 11.1 Å². The van der Waals surface area contributed by atoms with Crippen LogP contribution < -0.4 is 5.32 Å². The van der Waals surface area contributed by atoms with Crippen molar-refractivity contribution in [3.05, 3.63) is 47.5 Å². The topological polar surface area (TPSA) is 54.9 Å². The van der Waals surface area contributed by atoms with Crippen molar-refractivity contribution < 1.29 is 9.18 Å². The van der Waals surface area contributed by atoms with Crippen LogP contribution in [-0.2, 0) is 0 Å². The fourth-order valence-electron chi connectivity index (χ4n) is 1.58. The lowest BCUT2D eigenvalue weighted by Crippen LogP contribution is -2.15. The van der Waals surface area contributed by atoms with Crippen LogP contribution in [0.3, 0.4) is 0 Å². The number of hydrogen-bond acceptors (Lipinski definition) is 4. The third kappa shape index (κ3) is 3.77. The van der Waals surface area contributed by atoms with Crippen LogP contribution in [0.4, 0.5) is 10.1 Å². The Kier molecular flexibility index (Phi) is 4.68. The van der Waals surface area contributed by atoms with Crippen molar-refractivity contribution >= 4 is 23.4 Å². The van der Waals surface area contributed by atoms with Gasteiger partial charge < -0.3 is 5.32 Å². The first-order valence-electron chi connectivity index (χ1n) is 6.14. The molecule has 1 heterocycles. The van der Waals surface area contributed by atoms with Gasteiger partial charge in [-0.3, -0.25) is 4.79 Å². The Labute approximate surface area is 120 Å². The normalized spacial score (nSPS) is 10.3. The lowest BCUT2D eigenvalue weighted by molar-refractivity contribution is 0.102. The van der Waals surface area contributed by atoms with Gasteiger partial charge in [-0.25, -0.2) is 14.4 Å². The molecule has 6 heteroatoms. The average molecular weight is 291 g/mol. The average Bonchev–Trinajstić information content (AvgIpc) is 2.41. The van der Waals surface area contributed by atoms with Gasteiger partial charge in [0, 0.05) is 11.4 Å². The summed E-state index contributed by atoms with van der Waals surface area (Å²) in [7, 11) is 0. The Morgan fingerprint density at radius 2 is 2.00 bits per heavy atom. The smallest absolute Gasteiger partial charge is 0.274 e. The number of hydrogen-bond donors (Lipinski definition) is 1. The maximum atomic E-state index is 12.8. The zero-order valence-corrected chi connectivity index (χ0v) is 12.0. The van der Waals surface area contributed by atoms with E-state index in [1.165, 1.54) is 36.0 Å². The van der Waals surface area contributed by atoms with E-state index in [-0.39, 0.29) is 11.7 Å². The molecule has 104 valence electrons. The van der Waals surface area contributed by atoms with Crippen molar-refractivity contribution in [3.8, 4) is 0 Å². The molecular weight excluding hydrogens is 277 g/mol. The number of nitrogens with one attached hydrogen (secondary N) is 1. The largest absolute Gasteiger partial charge is 0.321 e. The molecule has 0 bridgehead atoms. The highest BCUT2D eigenvalue weighted by Gasteiger charge is 2.11. The van der Waals surface area contributed by atoms with Gasteiger partial charge in [-0.2, -0.15) is 0 Å². The standard InChI is InChI=1S/C14H14FN3OS/c1-3-20-14-16-9(2)8-12(18-14)13(19)17-11-6-4-10(15)5-7-11/h4-8H,3H2,1-2H3,(H,17,19). The molecular formula is C14H14FN3OS.